The zero-order valence-corrected chi connectivity index (χ0v) is 13.6. The van der Waals surface area contributed by atoms with Crippen molar-refractivity contribution >= 4 is 17.5 Å². The molecule has 1 amide bonds. The highest BCUT2D eigenvalue weighted by Crippen LogP contribution is 2.30. The fourth-order valence-corrected chi connectivity index (χ4v) is 2.60. The summed E-state index contributed by atoms with van der Waals surface area (Å²) in [7, 11) is 0. The summed E-state index contributed by atoms with van der Waals surface area (Å²) < 4.78 is 0. The lowest BCUT2D eigenvalue weighted by atomic mass is 9.78. The molecule has 0 aliphatic heterocycles. The highest BCUT2D eigenvalue weighted by Gasteiger charge is 2.33. The van der Waals surface area contributed by atoms with Gasteiger partial charge in [-0.3, -0.25) is 4.79 Å². The van der Waals surface area contributed by atoms with Crippen molar-refractivity contribution in [2.45, 2.75) is 58.3 Å². The molecule has 0 aromatic heterocycles. The summed E-state index contributed by atoms with van der Waals surface area (Å²) in [6.45, 7) is 7.06. The molecule has 1 aromatic carbocycles. The van der Waals surface area contributed by atoms with Crippen LogP contribution in [-0.4, -0.2) is 12.5 Å². The second kappa shape index (κ2) is 8.31. The lowest BCUT2D eigenvalue weighted by Crippen LogP contribution is -2.42. The number of carbonyl (C=O) groups excluding carboxylic acids is 1. The van der Waals surface area contributed by atoms with Crippen molar-refractivity contribution in [2.24, 2.45) is 0 Å². The molecule has 0 saturated heterocycles. The van der Waals surface area contributed by atoms with Gasteiger partial charge in [-0.15, -0.1) is 0 Å². The Morgan fingerprint density at radius 3 is 2.35 bits per heavy atom. The summed E-state index contributed by atoms with van der Waals surface area (Å²) in [6.07, 6.45) is 5.19. The Kier molecular flexibility index (Phi) is 7.08. The van der Waals surface area contributed by atoms with Gasteiger partial charge in [-0.25, -0.2) is 0 Å². The molecule has 0 aliphatic rings. The SMILES string of the molecule is CCCCCNC(=O)C(C)(CCC)c1ccc(Cl)cc1. The lowest BCUT2D eigenvalue weighted by molar-refractivity contribution is -0.126. The van der Waals surface area contributed by atoms with E-state index in [1.54, 1.807) is 0 Å². The topological polar surface area (TPSA) is 29.1 Å². The quantitative estimate of drug-likeness (QED) is 0.692. The molecule has 1 aromatic rings. The summed E-state index contributed by atoms with van der Waals surface area (Å²) in [6, 6.07) is 7.64. The molecule has 3 heteroatoms. The predicted molar refractivity (Wildman–Crippen MR) is 86.2 cm³/mol. The normalized spacial score (nSPS) is 13.8. The van der Waals surface area contributed by atoms with Gasteiger partial charge >= 0.3 is 0 Å². The molecule has 0 spiro atoms. The fourth-order valence-electron chi connectivity index (χ4n) is 2.48. The Balaban J connectivity index is 2.79. The number of benzene rings is 1. The zero-order valence-electron chi connectivity index (χ0n) is 12.8. The average Bonchev–Trinajstić information content (AvgIpc) is 2.44. The Hall–Kier alpha value is -1.02. The van der Waals surface area contributed by atoms with Crippen molar-refractivity contribution in [3.8, 4) is 0 Å². The highest BCUT2D eigenvalue weighted by atomic mass is 35.5. The Morgan fingerprint density at radius 2 is 1.80 bits per heavy atom. The van der Waals surface area contributed by atoms with Gasteiger partial charge in [-0.2, -0.15) is 0 Å². The van der Waals surface area contributed by atoms with Gasteiger partial charge in [0.05, 0.1) is 5.41 Å². The first-order valence-corrected chi connectivity index (χ1v) is 7.96. The van der Waals surface area contributed by atoms with Crippen LogP contribution in [0, 0.1) is 0 Å². The summed E-state index contributed by atoms with van der Waals surface area (Å²) >= 11 is 5.94. The molecule has 1 rings (SSSR count). The molecular weight excluding hydrogens is 270 g/mol. The Morgan fingerprint density at radius 1 is 1.15 bits per heavy atom. The number of hydrogen-bond acceptors (Lipinski definition) is 1. The third-order valence-corrected chi connectivity index (χ3v) is 4.05. The molecule has 1 atom stereocenters. The standard InChI is InChI=1S/C17H26ClNO/c1-4-6-7-13-19-16(20)17(3,12-5-2)14-8-10-15(18)11-9-14/h8-11H,4-7,12-13H2,1-3H3,(H,19,20). The van der Waals surface area contributed by atoms with E-state index in [2.05, 4.69) is 19.2 Å². The third kappa shape index (κ3) is 4.52. The van der Waals surface area contributed by atoms with Crippen LogP contribution in [0.3, 0.4) is 0 Å². The molecule has 20 heavy (non-hydrogen) atoms. The molecule has 0 heterocycles. The van der Waals surface area contributed by atoms with E-state index in [1.807, 2.05) is 31.2 Å². The maximum absolute atomic E-state index is 12.6. The van der Waals surface area contributed by atoms with Crippen LogP contribution in [0.5, 0.6) is 0 Å². The van der Waals surface area contributed by atoms with Crippen molar-refractivity contribution in [1.29, 1.82) is 0 Å². The lowest BCUT2D eigenvalue weighted by Gasteiger charge is -2.28. The highest BCUT2D eigenvalue weighted by molar-refractivity contribution is 6.30. The van der Waals surface area contributed by atoms with Gasteiger partial charge in [0.2, 0.25) is 5.91 Å². The first kappa shape index (κ1) is 17.0. The average molecular weight is 296 g/mol. The summed E-state index contributed by atoms with van der Waals surface area (Å²) in [5, 5.41) is 3.79. The van der Waals surface area contributed by atoms with Crippen LogP contribution in [0.4, 0.5) is 0 Å². The van der Waals surface area contributed by atoms with E-state index in [1.165, 1.54) is 6.42 Å². The van der Waals surface area contributed by atoms with Crippen molar-refractivity contribution in [3.63, 3.8) is 0 Å². The third-order valence-electron chi connectivity index (χ3n) is 3.80. The van der Waals surface area contributed by atoms with Gasteiger partial charge in [0.15, 0.2) is 0 Å². The Bertz CT molecular complexity index is 416. The van der Waals surface area contributed by atoms with E-state index < -0.39 is 5.41 Å². The first-order chi connectivity index (χ1) is 9.54. The molecule has 2 nitrogen and oxygen atoms in total. The smallest absolute Gasteiger partial charge is 0.230 e. The predicted octanol–water partition coefficient (Wildman–Crippen LogP) is 4.70. The van der Waals surface area contributed by atoms with Crippen LogP contribution >= 0.6 is 11.6 Å². The molecule has 1 N–H and O–H groups in total. The fraction of sp³-hybridized carbons (Fsp3) is 0.588. The second-order valence-corrected chi connectivity index (χ2v) is 5.99. The van der Waals surface area contributed by atoms with Crippen molar-refractivity contribution in [2.75, 3.05) is 6.54 Å². The minimum atomic E-state index is -0.467. The summed E-state index contributed by atoms with van der Waals surface area (Å²) in [5.41, 5.74) is 0.572. The van der Waals surface area contributed by atoms with E-state index in [-0.39, 0.29) is 5.91 Å². The number of carbonyl (C=O) groups is 1. The molecular formula is C17H26ClNO. The molecule has 0 saturated carbocycles. The van der Waals surface area contributed by atoms with Gasteiger partial charge in [-0.05, 0) is 37.5 Å². The van der Waals surface area contributed by atoms with E-state index in [4.69, 9.17) is 11.6 Å². The van der Waals surface area contributed by atoms with Crippen LogP contribution in [0.25, 0.3) is 0 Å². The van der Waals surface area contributed by atoms with Gasteiger partial charge in [0.25, 0.3) is 0 Å². The summed E-state index contributed by atoms with van der Waals surface area (Å²) in [5.74, 6) is 0.123. The number of rotatable bonds is 8. The molecule has 0 fully saturated rings. The molecule has 112 valence electrons. The molecule has 1 unspecified atom stereocenters. The minimum absolute atomic E-state index is 0.123. The van der Waals surface area contributed by atoms with Gasteiger partial charge in [0.1, 0.15) is 0 Å². The maximum Gasteiger partial charge on any atom is 0.230 e. The minimum Gasteiger partial charge on any atom is -0.355 e. The van der Waals surface area contributed by atoms with Crippen LogP contribution in [0.1, 0.15) is 58.4 Å². The van der Waals surface area contributed by atoms with Crippen molar-refractivity contribution in [3.05, 3.63) is 34.9 Å². The van der Waals surface area contributed by atoms with Gasteiger partial charge in [-0.1, -0.05) is 56.8 Å². The largest absolute Gasteiger partial charge is 0.355 e. The number of nitrogens with one attached hydrogen (secondary N) is 1. The van der Waals surface area contributed by atoms with E-state index in [0.717, 1.165) is 37.8 Å². The van der Waals surface area contributed by atoms with E-state index in [0.29, 0.717) is 5.02 Å². The van der Waals surface area contributed by atoms with Crippen LogP contribution in [-0.2, 0) is 10.2 Å². The number of hydrogen-bond donors (Lipinski definition) is 1. The molecule has 0 bridgehead atoms. The van der Waals surface area contributed by atoms with Crippen LogP contribution in [0.2, 0.25) is 5.02 Å². The molecule has 0 radical (unpaired) electrons. The van der Waals surface area contributed by atoms with E-state index >= 15 is 0 Å². The maximum atomic E-state index is 12.6. The number of amides is 1. The zero-order chi connectivity index (χ0) is 15.0. The van der Waals surface area contributed by atoms with Crippen molar-refractivity contribution in [1.82, 2.24) is 5.32 Å². The van der Waals surface area contributed by atoms with Crippen molar-refractivity contribution < 1.29 is 4.79 Å². The van der Waals surface area contributed by atoms with Crippen LogP contribution < -0.4 is 5.32 Å². The number of unbranched alkanes of at least 4 members (excludes halogenated alkanes) is 2. The number of halogens is 1. The van der Waals surface area contributed by atoms with Gasteiger partial charge < -0.3 is 5.32 Å². The first-order valence-electron chi connectivity index (χ1n) is 7.59. The van der Waals surface area contributed by atoms with Crippen LogP contribution in [0.15, 0.2) is 24.3 Å². The monoisotopic (exact) mass is 295 g/mol. The van der Waals surface area contributed by atoms with Gasteiger partial charge in [0, 0.05) is 11.6 Å². The molecule has 0 aliphatic carbocycles. The van der Waals surface area contributed by atoms with E-state index in [9.17, 15) is 4.79 Å². The summed E-state index contributed by atoms with van der Waals surface area (Å²) in [4.78, 5) is 12.6. The second-order valence-electron chi connectivity index (χ2n) is 5.55. The Labute approximate surface area is 127 Å².